The van der Waals surface area contributed by atoms with E-state index in [9.17, 15) is 0 Å². The minimum absolute atomic E-state index is 0.196. The smallest absolute Gasteiger partial charge is 0.147 e. The summed E-state index contributed by atoms with van der Waals surface area (Å²) < 4.78 is 15.2. The summed E-state index contributed by atoms with van der Waals surface area (Å²) >= 11 is 0. The van der Waals surface area contributed by atoms with Gasteiger partial charge in [0, 0.05) is 63.8 Å². The zero-order chi connectivity index (χ0) is 38.2. The molecule has 0 aliphatic carbocycles. The lowest BCUT2D eigenvalue weighted by molar-refractivity contribution is 0.0384. The van der Waals surface area contributed by atoms with Gasteiger partial charge in [0.15, 0.2) is 0 Å². The SMILES string of the molecule is CC.CCC.CCCC.CCN1CCC(N2CCN(C3CCN(c4c(N(C)c5ccc(C)cc5F)cnc5ccc(C(C)C)cc45)CC3)CC2)CC1. The van der Waals surface area contributed by atoms with Crippen LogP contribution in [0.5, 0.6) is 0 Å². The fourth-order valence-corrected chi connectivity index (χ4v) is 7.66. The second-order valence-corrected chi connectivity index (χ2v) is 15.1. The lowest BCUT2D eigenvalue weighted by atomic mass is 9.97. The number of likely N-dealkylation sites (tertiary alicyclic amines) is 1. The Bertz CT molecular complexity index is 1430. The van der Waals surface area contributed by atoms with Gasteiger partial charge < -0.3 is 14.7 Å². The van der Waals surface area contributed by atoms with Gasteiger partial charge in [-0.2, -0.15) is 0 Å². The lowest BCUT2D eigenvalue weighted by Gasteiger charge is -2.46. The number of pyridine rings is 1. The highest BCUT2D eigenvalue weighted by molar-refractivity contribution is 6.00. The molecule has 0 bridgehead atoms. The predicted octanol–water partition coefficient (Wildman–Crippen LogP) is 10.9. The second-order valence-electron chi connectivity index (χ2n) is 15.1. The van der Waals surface area contributed by atoms with Gasteiger partial charge in [-0.3, -0.25) is 14.8 Å². The van der Waals surface area contributed by atoms with Crippen molar-refractivity contribution in [3.63, 3.8) is 0 Å². The van der Waals surface area contributed by atoms with Gasteiger partial charge in [-0.15, -0.1) is 0 Å². The first-order chi connectivity index (χ1) is 25.1. The van der Waals surface area contributed by atoms with E-state index >= 15 is 4.39 Å². The molecule has 3 aliphatic rings. The van der Waals surface area contributed by atoms with Gasteiger partial charge in [-0.25, -0.2) is 4.39 Å². The van der Waals surface area contributed by atoms with Crippen LogP contribution in [0.4, 0.5) is 21.5 Å². The maximum atomic E-state index is 15.2. The summed E-state index contributed by atoms with van der Waals surface area (Å²) in [6.45, 7) is 31.8. The summed E-state index contributed by atoms with van der Waals surface area (Å²) in [6.07, 6.45) is 10.8. The molecule has 0 unspecified atom stereocenters. The maximum absolute atomic E-state index is 15.2. The third kappa shape index (κ3) is 11.6. The van der Waals surface area contributed by atoms with Crippen molar-refractivity contribution in [2.24, 2.45) is 0 Å². The van der Waals surface area contributed by atoms with E-state index in [0.29, 0.717) is 17.6 Å². The normalized spacial score (nSPS) is 17.9. The molecule has 3 aromatic rings. The molecule has 0 N–H and O–H groups in total. The molecule has 3 saturated heterocycles. The minimum atomic E-state index is -0.196. The predicted molar refractivity (Wildman–Crippen MR) is 226 cm³/mol. The maximum Gasteiger partial charge on any atom is 0.147 e. The fourth-order valence-electron chi connectivity index (χ4n) is 7.66. The molecule has 0 spiro atoms. The van der Waals surface area contributed by atoms with Gasteiger partial charge in [0.05, 0.1) is 28.8 Å². The quantitative estimate of drug-likeness (QED) is 0.230. The van der Waals surface area contributed by atoms with E-state index in [1.165, 1.54) is 94.6 Å². The molecular formula is C45H75FN6. The van der Waals surface area contributed by atoms with Crippen molar-refractivity contribution >= 4 is 28.0 Å². The molecule has 3 aliphatic heterocycles. The van der Waals surface area contributed by atoms with Crippen LogP contribution >= 0.6 is 0 Å². The monoisotopic (exact) mass is 719 g/mol. The van der Waals surface area contributed by atoms with Crippen LogP contribution in [0.1, 0.15) is 124 Å². The zero-order valence-electron chi connectivity index (χ0n) is 35.1. The summed E-state index contributed by atoms with van der Waals surface area (Å²) in [5.74, 6) is 0.231. The molecule has 0 saturated carbocycles. The van der Waals surface area contributed by atoms with Gasteiger partial charge in [0.1, 0.15) is 5.82 Å². The van der Waals surface area contributed by atoms with E-state index < -0.39 is 0 Å². The number of unbranched alkanes of at least 4 members (excludes halogenated alkanes) is 1. The van der Waals surface area contributed by atoms with Crippen molar-refractivity contribution in [3.8, 4) is 0 Å². The molecule has 1 aromatic heterocycles. The molecule has 0 radical (unpaired) electrons. The lowest BCUT2D eigenvalue weighted by Crippen LogP contribution is -2.56. The Kier molecular flexibility index (Phi) is 18.9. The zero-order valence-corrected chi connectivity index (χ0v) is 35.1. The molecule has 6 rings (SSSR count). The highest BCUT2D eigenvalue weighted by Crippen LogP contribution is 2.41. The third-order valence-electron chi connectivity index (χ3n) is 11.0. The Morgan fingerprint density at radius 2 is 1.29 bits per heavy atom. The average Bonchev–Trinajstić information content (AvgIpc) is 3.18. The standard InChI is InChI=1S/C36H51FN6.C4H10.C3H8.C2H6/c1-6-40-15-11-29(12-16-40)41-19-21-42(22-20-41)30-13-17-43(18-14-30)36-31-24-28(26(2)3)8-9-33(31)38-25-35(36)39(5)34-10-7-27(4)23-32(34)37;1-3-4-2;1-3-2;1-2/h7-10,23-26,29-30H,6,11-22H2,1-5H3;3-4H2,1-2H3;3H2,1-2H3;1-2H3. The number of hydrogen-bond donors (Lipinski definition) is 0. The Hall–Kier alpha value is -2.74. The van der Waals surface area contributed by atoms with Crippen LogP contribution in [0.25, 0.3) is 10.9 Å². The number of piperidine rings is 2. The van der Waals surface area contributed by atoms with Crippen molar-refractivity contribution in [3.05, 3.63) is 59.5 Å². The summed E-state index contributed by atoms with van der Waals surface area (Å²) in [7, 11) is 1.98. The largest absolute Gasteiger partial charge is 0.369 e. The number of fused-ring (bicyclic) bond motifs is 1. The van der Waals surface area contributed by atoms with Crippen molar-refractivity contribution in [1.29, 1.82) is 0 Å². The van der Waals surface area contributed by atoms with Gasteiger partial charge in [-0.1, -0.05) is 93.7 Å². The van der Waals surface area contributed by atoms with E-state index in [1.54, 1.807) is 6.07 Å². The van der Waals surface area contributed by atoms with E-state index in [4.69, 9.17) is 4.98 Å². The molecule has 7 heteroatoms. The molecule has 0 amide bonds. The molecule has 3 fully saturated rings. The Morgan fingerprint density at radius 1 is 0.750 bits per heavy atom. The number of rotatable bonds is 8. The van der Waals surface area contributed by atoms with Gasteiger partial charge >= 0.3 is 0 Å². The highest BCUT2D eigenvalue weighted by Gasteiger charge is 2.32. The second kappa shape index (κ2) is 22.5. The van der Waals surface area contributed by atoms with Gasteiger partial charge in [0.2, 0.25) is 0 Å². The van der Waals surface area contributed by atoms with Crippen LogP contribution in [-0.2, 0) is 0 Å². The topological polar surface area (TPSA) is 29.1 Å². The Balaban J connectivity index is 0.000000737. The fraction of sp³-hybridized carbons (Fsp3) is 0.667. The number of aryl methyl sites for hydroxylation is 1. The Morgan fingerprint density at radius 3 is 1.77 bits per heavy atom. The number of piperazine rings is 1. The third-order valence-corrected chi connectivity index (χ3v) is 11.0. The van der Waals surface area contributed by atoms with E-state index in [2.05, 4.69) is 86.3 Å². The average molecular weight is 719 g/mol. The molecule has 0 atom stereocenters. The van der Waals surface area contributed by atoms with Crippen LogP contribution in [-0.4, -0.2) is 97.7 Å². The van der Waals surface area contributed by atoms with Gasteiger partial charge in [0.25, 0.3) is 0 Å². The summed E-state index contributed by atoms with van der Waals surface area (Å²) in [5, 5.41) is 1.17. The van der Waals surface area contributed by atoms with Crippen LogP contribution in [0.2, 0.25) is 0 Å². The van der Waals surface area contributed by atoms with Crippen molar-refractivity contribution in [2.75, 3.05) is 75.8 Å². The van der Waals surface area contributed by atoms with Crippen molar-refractivity contribution < 1.29 is 4.39 Å². The summed E-state index contributed by atoms with van der Waals surface area (Å²) in [5.41, 5.74) is 5.99. The van der Waals surface area contributed by atoms with Crippen molar-refractivity contribution in [2.45, 2.75) is 132 Å². The molecular weight excluding hydrogens is 644 g/mol. The van der Waals surface area contributed by atoms with E-state index in [0.717, 1.165) is 48.7 Å². The first kappa shape index (κ1) is 43.7. The number of benzene rings is 2. The molecule has 2 aromatic carbocycles. The van der Waals surface area contributed by atoms with Crippen LogP contribution < -0.4 is 9.80 Å². The minimum Gasteiger partial charge on any atom is -0.369 e. The van der Waals surface area contributed by atoms with E-state index in [1.807, 2.05) is 51.0 Å². The molecule has 4 heterocycles. The molecule has 52 heavy (non-hydrogen) atoms. The highest BCUT2D eigenvalue weighted by atomic mass is 19.1. The Labute approximate surface area is 318 Å². The number of nitrogens with zero attached hydrogens (tertiary/aromatic N) is 6. The first-order valence-electron chi connectivity index (χ1n) is 21.0. The number of halogens is 1. The first-order valence-corrected chi connectivity index (χ1v) is 21.0. The van der Waals surface area contributed by atoms with Gasteiger partial charge in [-0.05, 0) is 93.6 Å². The summed E-state index contributed by atoms with van der Waals surface area (Å²) in [6, 6.07) is 13.6. The number of anilines is 3. The summed E-state index contributed by atoms with van der Waals surface area (Å²) in [4.78, 5) is 17.6. The van der Waals surface area contributed by atoms with E-state index in [-0.39, 0.29) is 5.82 Å². The van der Waals surface area contributed by atoms with Crippen LogP contribution in [0.3, 0.4) is 0 Å². The van der Waals surface area contributed by atoms with Crippen LogP contribution in [0.15, 0.2) is 42.6 Å². The van der Waals surface area contributed by atoms with Crippen LogP contribution in [0, 0.1) is 12.7 Å². The molecule has 6 nitrogen and oxygen atoms in total. The van der Waals surface area contributed by atoms with Crippen molar-refractivity contribution in [1.82, 2.24) is 19.7 Å². The molecule has 292 valence electrons. The number of hydrogen-bond acceptors (Lipinski definition) is 6. The number of aromatic nitrogens is 1.